The average molecular weight is 413 g/mol. The molecule has 1 atom stereocenters. The Morgan fingerprint density at radius 2 is 1.83 bits per heavy atom. The standard InChI is InChI=1S/C21H18ClFN4O2/c1-13-17(20(22)27(26-13)16-9-7-15(23)8-10-16)11-12-18(28)25-19(21(24)29)14-5-3-2-4-6-14/h2-12,19H,1H3,(H2,24,29)(H,25,28)/b12-11+. The molecule has 0 saturated carbocycles. The lowest BCUT2D eigenvalue weighted by Gasteiger charge is -2.14. The van der Waals surface area contributed by atoms with Gasteiger partial charge in [-0.15, -0.1) is 0 Å². The van der Waals surface area contributed by atoms with Crippen molar-refractivity contribution in [3.8, 4) is 5.69 Å². The van der Waals surface area contributed by atoms with Gasteiger partial charge in [0.2, 0.25) is 11.8 Å². The molecule has 0 bridgehead atoms. The van der Waals surface area contributed by atoms with Gasteiger partial charge >= 0.3 is 0 Å². The van der Waals surface area contributed by atoms with Gasteiger partial charge in [0.05, 0.1) is 11.4 Å². The lowest BCUT2D eigenvalue weighted by molar-refractivity contribution is -0.125. The third kappa shape index (κ3) is 4.70. The maximum absolute atomic E-state index is 13.1. The summed E-state index contributed by atoms with van der Waals surface area (Å²) in [4.78, 5) is 24.0. The maximum atomic E-state index is 13.1. The number of rotatable bonds is 6. The average Bonchev–Trinajstić information content (AvgIpc) is 2.99. The molecule has 29 heavy (non-hydrogen) atoms. The second-order valence-electron chi connectivity index (χ2n) is 6.27. The van der Waals surface area contributed by atoms with Crippen LogP contribution in [0.5, 0.6) is 0 Å². The number of aryl methyl sites for hydroxylation is 1. The predicted molar refractivity (Wildman–Crippen MR) is 109 cm³/mol. The number of nitrogens with two attached hydrogens (primary N) is 1. The number of hydrogen-bond acceptors (Lipinski definition) is 3. The highest BCUT2D eigenvalue weighted by molar-refractivity contribution is 6.31. The third-order valence-corrected chi connectivity index (χ3v) is 4.59. The molecule has 0 saturated heterocycles. The zero-order valence-electron chi connectivity index (χ0n) is 15.5. The molecule has 0 aliphatic heterocycles. The first-order valence-corrected chi connectivity index (χ1v) is 9.08. The van der Waals surface area contributed by atoms with Crippen molar-refractivity contribution in [2.24, 2.45) is 5.73 Å². The zero-order valence-corrected chi connectivity index (χ0v) is 16.2. The number of nitrogens with one attached hydrogen (secondary N) is 1. The fourth-order valence-electron chi connectivity index (χ4n) is 2.77. The van der Waals surface area contributed by atoms with Gasteiger partial charge in [-0.1, -0.05) is 41.9 Å². The van der Waals surface area contributed by atoms with Gasteiger partial charge in [0.1, 0.15) is 17.0 Å². The van der Waals surface area contributed by atoms with E-state index in [4.69, 9.17) is 17.3 Å². The van der Waals surface area contributed by atoms with Crippen molar-refractivity contribution in [2.75, 3.05) is 0 Å². The number of carbonyl (C=O) groups is 2. The van der Waals surface area contributed by atoms with Crippen molar-refractivity contribution in [2.45, 2.75) is 13.0 Å². The summed E-state index contributed by atoms with van der Waals surface area (Å²) >= 11 is 6.39. The van der Waals surface area contributed by atoms with E-state index >= 15 is 0 Å². The summed E-state index contributed by atoms with van der Waals surface area (Å²) in [5.74, 6) is -1.55. The smallest absolute Gasteiger partial charge is 0.244 e. The number of hydrogen-bond donors (Lipinski definition) is 2. The normalized spacial score (nSPS) is 12.1. The van der Waals surface area contributed by atoms with Crippen molar-refractivity contribution in [1.29, 1.82) is 0 Å². The Kier molecular flexibility index (Phi) is 6.09. The Labute approximate surface area is 171 Å². The first-order chi connectivity index (χ1) is 13.9. The highest BCUT2D eigenvalue weighted by atomic mass is 35.5. The summed E-state index contributed by atoms with van der Waals surface area (Å²) in [6.45, 7) is 1.74. The lowest BCUT2D eigenvalue weighted by Crippen LogP contribution is -2.36. The van der Waals surface area contributed by atoms with Crippen LogP contribution in [0.15, 0.2) is 60.7 Å². The molecular weight excluding hydrogens is 395 g/mol. The molecule has 0 fully saturated rings. The molecule has 2 amide bonds. The Balaban J connectivity index is 1.79. The number of benzene rings is 2. The first-order valence-electron chi connectivity index (χ1n) is 8.70. The molecule has 3 N–H and O–H groups in total. The molecule has 6 nitrogen and oxygen atoms in total. The summed E-state index contributed by atoms with van der Waals surface area (Å²) in [6.07, 6.45) is 2.76. The first kappa shape index (κ1) is 20.3. The van der Waals surface area contributed by atoms with E-state index < -0.39 is 17.9 Å². The van der Waals surface area contributed by atoms with Crippen molar-refractivity contribution < 1.29 is 14.0 Å². The molecule has 1 unspecified atom stereocenters. The largest absolute Gasteiger partial charge is 0.368 e. The van der Waals surface area contributed by atoms with Gasteiger partial charge in [-0.05, 0) is 42.8 Å². The molecule has 148 valence electrons. The van der Waals surface area contributed by atoms with Crippen LogP contribution in [0.1, 0.15) is 22.9 Å². The molecule has 0 aliphatic carbocycles. The van der Waals surface area contributed by atoms with Gasteiger partial charge in [-0.25, -0.2) is 9.07 Å². The minimum atomic E-state index is -0.952. The quantitative estimate of drug-likeness (QED) is 0.608. The Bertz CT molecular complexity index is 1060. The van der Waals surface area contributed by atoms with Crippen molar-refractivity contribution in [3.63, 3.8) is 0 Å². The molecule has 0 spiro atoms. The summed E-state index contributed by atoms with van der Waals surface area (Å²) in [6, 6.07) is 13.5. The fourth-order valence-corrected chi connectivity index (χ4v) is 3.10. The van der Waals surface area contributed by atoms with E-state index in [-0.39, 0.29) is 11.0 Å². The minimum Gasteiger partial charge on any atom is -0.368 e. The van der Waals surface area contributed by atoms with E-state index in [2.05, 4.69) is 10.4 Å². The topological polar surface area (TPSA) is 90.0 Å². The van der Waals surface area contributed by atoms with Crippen LogP contribution in [0.3, 0.4) is 0 Å². The van der Waals surface area contributed by atoms with Gasteiger partial charge < -0.3 is 11.1 Å². The van der Waals surface area contributed by atoms with E-state index in [0.717, 1.165) is 0 Å². The van der Waals surface area contributed by atoms with Crippen LogP contribution in [0.25, 0.3) is 11.8 Å². The molecule has 1 heterocycles. The Morgan fingerprint density at radius 1 is 1.17 bits per heavy atom. The molecule has 1 aromatic heterocycles. The van der Waals surface area contributed by atoms with Crippen LogP contribution in [0.2, 0.25) is 5.15 Å². The van der Waals surface area contributed by atoms with Crippen LogP contribution in [0, 0.1) is 12.7 Å². The van der Waals surface area contributed by atoms with Crippen LogP contribution < -0.4 is 11.1 Å². The van der Waals surface area contributed by atoms with Crippen LogP contribution in [-0.2, 0) is 9.59 Å². The van der Waals surface area contributed by atoms with Crippen molar-refractivity contribution in [1.82, 2.24) is 15.1 Å². The van der Waals surface area contributed by atoms with Gasteiger partial charge in [0, 0.05) is 11.6 Å². The van der Waals surface area contributed by atoms with E-state index in [1.165, 1.54) is 29.0 Å². The SMILES string of the molecule is Cc1nn(-c2ccc(F)cc2)c(Cl)c1/C=C/C(=O)NC(C(N)=O)c1ccccc1. The Hall–Kier alpha value is -3.45. The summed E-state index contributed by atoms with van der Waals surface area (Å²) in [7, 11) is 0. The molecule has 8 heteroatoms. The zero-order chi connectivity index (χ0) is 21.0. The number of nitrogens with zero attached hydrogens (tertiary/aromatic N) is 2. The third-order valence-electron chi connectivity index (χ3n) is 4.22. The number of carbonyl (C=O) groups excluding carboxylic acids is 2. The van der Waals surface area contributed by atoms with Gasteiger partial charge in [-0.2, -0.15) is 5.10 Å². The van der Waals surface area contributed by atoms with Gasteiger partial charge in [-0.3, -0.25) is 9.59 Å². The predicted octanol–water partition coefficient (Wildman–Crippen LogP) is 3.33. The van der Waals surface area contributed by atoms with E-state index in [0.29, 0.717) is 22.5 Å². The lowest BCUT2D eigenvalue weighted by atomic mass is 10.1. The highest BCUT2D eigenvalue weighted by Gasteiger charge is 2.19. The van der Waals surface area contributed by atoms with Gasteiger partial charge in [0.25, 0.3) is 0 Å². The number of amides is 2. The Morgan fingerprint density at radius 3 is 2.45 bits per heavy atom. The van der Waals surface area contributed by atoms with Crippen LogP contribution in [-0.4, -0.2) is 21.6 Å². The second kappa shape index (κ2) is 8.70. The summed E-state index contributed by atoms with van der Waals surface area (Å²) in [5.41, 5.74) is 7.69. The number of primary amides is 1. The van der Waals surface area contributed by atoms with E-state index in [1.807, 2.05) is 0 Å². The molecule has 3 aromatic rings. The summed E-state index contributed by atoms with van der Waals surface area (Å²) < 4.78 is 14.6. The molecule has 0 aliphatic rings. The number of halogens is 2. The monoisotopic (exact) mass is 412 g/mol. The molecular formula is C21H18ClFN4O2. The van der Waals surface area contributed by atoms with E-state index in [1.54, 1.807) is 49.4 Å². The minimum absolute atomic E-state index is 0.271. The number of aromatic nitrogens is 2. The maximum Gasteiger partial charge on any atom is 0.244 e. The van der Waals surface area contributed by atoms with Crippen molar-refractivity contribution >= 4 is 29.5 Å². The molecule has 2 aromatic carbocycles. The van der Waals surface area contributed by atoms with E-state index in [9.17, 15) is 14.0 Å². The van der Waals surface area contributed by atoms with Crippen molar-refractivity contribution in [3.05, 3.63) is 88.5 Å². The fraction of sp³-hybridized carbons (Fsp3) is 0.0952. The highest BCUT2D eigenvalue weighted by Crippen LogP contribution is 2.25. The van der Waals surface area contributed by atoms with Crippen LogP contribution in [0.4, 0.5) is 4.39 Å². The summed E-state index contributed by atoms with van der Waals surface area (Å²) in [5, 5.41) is 7.18. The van der Waals surface area contributed by atoms with Crippen LogP contribution >= 0.6 is 11.6 Å². The van der Waals surface area contributed by atoms with Gasteiger partial charge in [0.15, 0.2) is 0 Å². The molecule has 0 radical (unpaired) electrons. The molecule has 3 rings (SSSR count). The second-order valence-corrected chi connectivity index (χ2v) is 6.62.